The number of hydrogen-bond donors (Lipinski definition) is 8. The number of nitrogens with one attached hydrogen (secondary N) is 3. The number of aromatic nitrogens is 1. The predicted octanol–water partition coefficient (Wildman–Crippen LogP) is -0.710. The average molecular weight is 725 g/mol. The Balaban J connectivity index is 1.32. The molecule has 1 aromatic carbocycles. The highest BCUT2D eigenvalue weighted by molar-refractivity contribution is 7.80. The van der Waals surface area contributed by atoms with E-state index >= 15 is 0 Å². The number of aliphatic hydroxyl groups is 1. The van der Waals surface area contributed by atoms with Crippen LogP contribution in [0.15, 0.2) is 28.7 Å². The van der Waals surface area contributed by atoms with Crippen molar-refractivity contribution in [1.29, 1.82) is 5.41 Å². The van der Waals surface area contributed by atoms with Gasteiger partial charge in [-0.1, -0.05) is 5.16 Å². The van der Waals surface area contributed by atoms with Gasteiger partial charge in [-0.3, -0.25) is 19.6 Å². The van der Waals surface area contributed by atoms with Crippen molar-refractivity contribution in [3.05, 3.63) is 40.4 Å². The number of hydroxylamine groups is 2. The Morgan fingerprint density at radius 3 is 2.57 bits per heavy atom. The molecule has 19 nitrogen and oxygen atoms in total. The van der Waals surface area contributed by atoms with Crippen LogP contribution >= 0.6 is 11.3 Å². The van der Waals surface area contributed by atoms with Gasteiger partial charge in [0.25, 0.3) is 17.4 Å². The van der Waals surface area contributed by atoms with Crippen LogP contribution in [0.5, 0.6) is 5.75 Å². The number of oxime groups is 1. The fraction of sp³-hybridized carbons (Fsp3) is 0.500. The molecule has 2 fully saturated rings. The number of β-lactam (4-membered cyclic amide) rings is 1. The molecule has 10 N–H and O–H groups in total. The Bertz CT molecular complexity index is 1830. The van der Waals surface area contributed by atoms with Crippen molar-refractivity contribution in [3.63, 3.8) is 0 Å². The van der Waals surface area contributed by atoms with Gasteiger partial charge in [-0.2, -0.15) is 13.5 Å². The number of thiazole rings is 1. The number of nitrogens with two attached hydrogens (primary N) is 2. The van der Waals surface area contributed by atoms with Crippen LogP contribution in [-0.2, 0) is 40.3 Å². The third-order valence-electron chi connectivity index (χ3n) is 8.73. The Morgan fingerprint density at radius 1 is 1.31 bits per heavy atom. The number of aliphatic hydroxyl groups excluding tert-OH is 1. The minimum absolute atomic E-state index is 0.0440. The number of carboxylic acids is 1. The van der Waals surface area contributed by atoms with Gasteiger partial charge in [0.2, 0.25) is 0 Å². The van der Waals surface area contributed by atoms with Crippen molar-refractivity contribution in [3.8, 4) is 5.75 Å². The molecule has 3 atom stereocenters. The number of nitrogens with zero attached hydrogens (tertiary/aromatic N) is 3. The maximum Gasteiger partial charge on any atom is 0.418 e. The van der Waals surface area contributed by atoms with Gasteiger partial charge < -0.3 is 41.9 Å². The van der Waals surface area contributed by atoms with Crippen LogP contribution in [0.2, 0.25) is 0 Å². The predicted molar refractivity (Wildman–Crippen MR) is 172 cm³/mol. The molecule has 1 aromatic heterocycles. The maximum atomic E-state index is 13.4. The number of amidine groups is 1. The number of carbonyl (C=O) groups is 3. The van der Waals surface area contributed by atoms with Gasteiger partial charge in [0.1, 0.15) is 23.3 Å². The minimum atomic E-state index is -5.04. The molecule has 5 rings (SSSR count). The molecule has 3 heterocycles. The standard InChI is InChI=1S/C28H36N8O11S2/c1-26(2)20(23(39)36(26)47-49(42,43)44)34-22(38)19(16-11-48-25(30)33-16)35-46-27(3,24(40)41)18-7-5-13-8-14(4-6-17(13)45-18)21(29)32-15-9-28(31,10-15)12-37/h4,6,8,11,15,18,20,37H,5,7,9-10,12,31H2,1-3H3,(H2,29,32)(H2,30,33)(H,34,38)(H,40,41)(H,42,43,44)/b35-19-/t15-,18-,20-,27+,28+/m1/s1. The Labute approximate surface area is 284 Å². The summed E-state index contributed by atoms with van der Waals surface area (Å²) in [5.74, 6) is -2.97. The van der Waals surface area contributed by atoms with Crippen molar-refractivity contribution < 1.29 is 51.4 Å². The molecule has 49 heavy (non-hydrogen) atoms. The molecular weight excluding hydrogens is 688 g/mol. The van der Waals surface area contributed by atoms with Crippen LogP contribution < -0.4 is 26.8 Å². The Hall–Kier alpha value is -4.41. The van der Waals surface area contributed by atoms with Crippen molar-refractivity contribution in [1.82, 2.24) is 20.7 Å². The van der Waals surface area contributed by atoms with Crippen LogP contribution in [0.1, 0.15) is 56.9 Å². The summed E-state index contributed by atoms with van der Waals surface area (Å²) in [5, 5.41) is 39.2. The molecule has 2 aromatic rings. The third-order valence-corrected chi connectivity index (χ3v) is 9.74. The number of anilines is 1. The number of hydrogen-bond acceptors (Lipinski definition) is 15. The maximum absolute atomic E-state index is 13.4. The van der Waals surface area contributed by atoms with Crippen molar-refractivity contribution in [2.45, 2.75) is 81.3 Å². The second kappa shape index (κ2) is 12.8. The van der Waals surface area contributed by atoms with Gasteiger partial charge in [0.05, 0.1) is 12.1 Å². The number of amides is 2. The number of aryl methyl sites for hydroxylation is 1. The lowest BCUT2D eigenvalue weighted by molar-refractivity contribution is -0.218. The molecule has 0 bridgehead atoms. The van der Waals surface area contributed by atoms with Crippen LogP contribution in [0.25, 0.3) is 0 Å². The molecule has 1 saturated heterocycles. The highest BCUT2D eigenvalue weighted by Gasteiger charge is 2.58. The topological polar surface area (TPSA) is 302 Å². The zero-order valence-corrected chi connectivity index (χ0v) is 28.1. The fourth-order valence-corrected chi connectivity index (χ4v) is 6.77. The molecule has 3 aliphatic rings. The van der Waals surface area contributed by atoms with Crippen molar-refractivity contribution in [2.75, 3.05) is 12.3 Å². The summed E-state index contributed by atoms with van der Waals surface area (Å²) in [6, 6.07) is 3.63. The largest absolute Gasteiger partial charge is 0.485 e. The fourth-order valence-electron chi connectivity index (χ4n) is 5.77. The number of carboxylic acid groups (broad SMARTS) is 1. The van der Waals surface area contributed by atoms with E-state index in [9.17, 15) is 33.0 Å². The number of nitrogen functional groups attached to an aromatic ring is 1. The van der Waals surface area contributed by atoms with Crippen LogP contribution in [0.4, 0.5) is 5.13 Å². The molecule has 266 valence electrons. The van der Waals surface area contributed by atoms with E-state index in [1.54, 1.807) is 18.2 Å². The van der Waals surface area contributed by atoms with Gasteiger partial charge in [0.15, 0.2) is 16.9 Å². The smallest absolute Gasteiger partial charge is 0.418 e. The van der Waals surface area contributed by atoms with Crippen molar-refractivity contribution in [2.24, 2.45) is 10.9 Å². The molecule has 2 amide bonds. The first-order valence-corrected chi connectivity index (χ1v) is 17.1. The lowest BCUT2D eigenvalue weighted by Crippen LogP contribution is -2.76. The lowest BCUT2D eigenvalue weighted by atomic mass is 9.74. The van der Waals surface area contributed by atoms with E-state index in [4.69, 9.17) is 31.0 Å². The average Bonchev–Trinajstić information content (AvgIpc) is 3.45. The van der Waals surface area contributed by atoms with Crippen molar-refractivity contribution >= 4 is 56.2 Å². The van der Waals surface area contributed by atoms with E-state index in [1.807, 2.05) is 0 Å². The van der Waals surface area contributed by atoms with Gasteiger partial charge in [-0.05, 0) is 70.2 Å². The first kappa shape index (κ1) is 35.9. The monoisotopic (exact) mass is 724 g/mol. The second-order valence-corrected chi connectivity index (χ2v) is 14.7. The summed E-state index contributed by atoms with van der Waals surface area (Å²) in [4.78, 5) is 48.2. The molecule has 2 aliphatic heterocycles. The second-order valence-electron chi connectivity index (χ2n) is 12.8. The van der Waals surface area contributed by atoms with Crippen LogP contribution in [0, 0.1) is 5.41 Å². The van der Waals surface area contributed by atoms with E-state index in [0.29, 0.717) is 35.6 Å². The summed E-state index contributed by atoms with van der Waals surface area (Å²) in [5.41, 5.74) is 8.19. The normalized spacial score (nSPS) is 25.8. The van der Waals surface area contributed by atoms with Crippen LogP contribution in [-0.4, -0.2) is 104 Å². The van der Waals surface area contributed by atoms with E-state index in [-0.39, 0.29) is 35.7 Å². The number of benzene rings is 1. The van der Waals surface area contributed by atoms with E-state index < -0.39 is 62.7 Å². The quantitative estimate of drug-likeness (QED) is 0.0441. The zero-order valence-electron chi connectivity index (χ0n) is 26.5. The summed E-state index contributed by atoms with van der Waals surface area (Å²) in [6.45, 7) is 3.81. The Morgan fingerprint density at radius 2 is 2.00 bits per heavy atom. The third kappa shape index (κ3) is 7.16. The summed E-state index contributed by atoms with van der Waals surface area (Å²) < 4.78 is 41.7. The van der Waals surface area contributed by atoms with Gasteiger partial charge in [0, 0.05) is 22.5 Å². The van der Waals surface area contributed by atoms with Crippen LogP contribution in [0.3, 0.4) is 0 Å². The summed E-state index contributed by atoms with van der Waals surface area (Å²) in [6.07, 6.45) is 0.466. The summed E-state index contributed by atoms with van der Waals surface area (Å²) in [7, 11) is -5.04. The number of rotatable bonds is 12. The molecule has 1 aliphatic carbocycles. The number of aliphatic carboxylic acids is 1. The molecule has 1 saturated carbocycles. The molecule has 0 spiro atoms. The van der Waals surface area contributed by atoms with Gasteiger partial charge >= 0.3 is 16.4 Å². The molecule has 21 heteroatoms. The SMILES string of the molecule is CC1(C)[C@H](NC(=O)/C(=N\O[C@](C)(C(=O)O)[C@H]2CCc3cc(C(=N)N[C@H]4C[C@](N)(CO)C4)ccc3O2)c2csc(N)n2)C(=O)N1OS(=O)(=O)O. The number of fused-ring (bicyclic) bond motifs is 1. The Kier molecular flexibility index (Phi) is 9.38. The molecule has 0 radical (unpaired) electrons. The lowest BCUT2D eigenvalue weighted by Gasteiger charge is -2.50. The highest BCUT2D eigenvalue weighted by atomic mass is 32.3. The highest BCUT2D eigenvalue weighted by Crippen LogP contribution is 2.36. The summed E-state index contributed by atoms with van der Waals surface area (Å²) >= 11 is 0.952. The van der Waals surface area contributed by atoms with Gasteiger partial charge in [-0.15, -0.1) is 15.6 Å². The zero-order chi connectivity index (χ0) is 36.1. The first-order valence-electron chi connectivity index (χ1n) is 14.8. The van der Waals surface area contributed by atoms with E-state index in [2.05, 4.69) is 25.1 Å². The van der Waals surface area contributed by atoms with E-state index in [1.165, 1.54) is 26.2 Å². The van der Waals surface area contributed by atoms with E-state index in [0.717, 1.165) is 16.9 Å². The number of ether oxygens (including phenoxy) is 1. The molecular formula is C28H36N8O11S2. The first-order chi connectivity index (χ1) is 22.8. The molecule has 0 unspecified atom stereocenters. The minimum Gasteiger partial charge on any atom is -0.485 e. The number of carbonyl (C=O) groups excluding carboxylic acids is 2. The van der Waals surface area contributed by atoms with Gasteiger partial charge in [-0.25, -0.2) is 9.78 Å².